The molecule has 5 rings (SSSR count). The number of sulfonamides is 1. The van der Waals surface area contributed by atoms with Crippen molar-refractivity contribution in [1.82, 2.24) is 24.5 Å². The van der Waals surface area contributed by atoms with Crippen molar-refractivity contribution in [2.24, 2.45) is 0 Å². The lowest BCUT2D eigenvalue weighted by Crippen LogP contribution is -2.41. The molecule has 196 valence electrons. The summed E-state index contributed by atoms with van der Waals surface area (Å²) < 4.78 is 60.3. The Kier molecular flexibility index (Phi) is 6.75. The molecule has 0 radical (unpaired) electrons. The molecular weight excluding hydrogens is 582 g/mol. The number of nitrogens with zero attached hydrogens (tertiary/aromatic N) is 5. The fourth-order valence-electron chi connectivity index (χ4n) is 4.30. The molecule has 5 aromatic rings. The molecule has 0 aliphatic heterocycles. The fraction of sp³-hybridized carbons (Fsp3) is 0.160. The zero-order valence-corrected chi connectivity index (χ0v) is 22.2. The molecule has 0 saturated carbocycles. The van der Waals surface area contributed by atoms with Crippen LogP contribution in [0.1, 0.15) is 18.5 Å². The second-order valence-electron chi connectivity index (χ2n) is 8.74. The van der Waals surface area contributed by atoms with Gasteiger partial charge in [-0.1, -0.05) is 22.0 Å². The first-order valence-corrected chi connectivity index (χ1v) is 13.6. The van der Waals surface area contributed by atoms with Crippen LogP contribution < -0.4 is 4.72 Å². The van der Waals surface area contributed by atoms with Crippen molar-refractivity contribution in [3.05, 3.63) is 101 Å². The van der Waals surface area contributed by atoms with Gasteiger partial charge >= 0.3 is 0 Å². The number of nitrogens with one attached hydrogen (secondary N) is 1. The first kappa shape index (κ1) is 25.9. The summed E-state index contributed by atoms with van der Waals surface area (Å²) in [7, 11) is -3.83. The summed E-state index contributed by atoms with van der Waals surface area (Å²) in [4.78, 5) is 3.98. The third kappa shape index (κ3) is 4.91. The van der Waals surface area contributed by atoms with E-state index in [1.54, 1.807) is 37.3 Å². The Balaban J connectivity index is 1.51. The molecule has 3 aromatic carbocycles. The molecule has 0 bridgehead atoms. The van der Waals surface area contributed by atoms with Crippen LogP contribution in [0.5, 0.6) is 0 Å². The predicted octanol–water partition coefficient (Wildman–Crippen LogP) is 4.62. The molecular formula is C25H21BrF2N6O3S. The van der Waals surface area contributed by atoms with E-state index in [1.807, 2.05) is 0 Å². The van der Waals surface area contributed by atoms with Crippen LogP contribution in [0.15, 0.2) is 88.9 Å². The van der Waals surface area contributed by atoms with Gasteiger partial charge in [0.15, 0.2) is 0 Å². The van der Waals surface area contributed by atoms with Crippen molar-refractivity contribution in [2.75, 3.05) is 4.72 Å². The van der Waals surface area contributed by atoms with Gasteiger partial charge in [0.2, 0.25) is 0 Å². The Labute approximate surface area is 224 Å². The molecule has 2 unspecified atom stereocenters. The van der Waals surface area contributed by atoms with Gasteiger partial charge in [0, 0.05) is 27.2 Å². The number of benzene rings is 3. The number of rotatable bonds is 8. The minimum Gasteiger partial charge on any atom is -0.381 e. The molecule has 9 nitrogen and oxygen atoms in total. The number of fused-ring (bicyclic) bond motifs is 1. The highest BCUT2D eigenvalue weighted by molar-refractivity contribution is 9.10. The molecule has 0 spiro atoms. The van der Waals surface area contributed by atoms with E-state index in [2.05, 4.69) is 35.8 Å². The van der Waals surface area contributed by atoms with Crippen LogP contribution in [0.2, 0.25) is 0 Å². The maximum Gasteiger partial charge on any atom is 0.261 e. The molecule has 13 heteroatoms. The second kappa shape index (κ2) is 9.89. The van der Waals surface area contributed by atoms with Crippen LogP contribution in [-0.2, 0) is 22.2 Å². The van der Waals surface area contributed by atoms with Crippen molar-refractivity contribution in [3.63, 3.8) is 0 Å². The summed E-state index contributed by atoms with van der Waals surface area (Å²) in [5.41, 5.74) is -1.17. The molecule has 2 aromatic heterocycles. The summed E-state index contributed by atoms with van der Waals surface area (Å²) in [5.74, 6) is -1.69. The molecule has 2 heterocycles. The van der Waals surface area contributed by atoms with Crippen molar-refractivity contribution in [2.45, 2.75) is 30.0 Å². The van der Waals surface area contributed by atoms with Gasteiger partial charge in [-0.3, -0.25) is 9.40 Å². The largest absolute Gasteiger partial charge is 0.381 e. The summed E-state index contributed by atoms with van der Waals surface area (Å²) >= 11 is 3.28. The normalized spacial score (nSPS) is 14.3. The van der Waals surface area contributed by atoms with E-state index in [-0.39, 0.29) is 17.0 Å². The minimum atomic E-state index is -3.83. The molecule has 38 heavy (non-hydrogen) atoms. The zero-order valence-electron chi connectivity index (χ0n) is 19.8. The number of hydrogen-bond acceptors (Lipinski definition) is 6. The number of aromatic nitrogens is 5. The monoisotopic (exact) mass is 602 g/mol. The standard InChI is InChI=1S/C25H21BrF2N6O3S/c1-16(25(35,13-33-15-29-14-31-33)22-8-4-19(27)11-23(22)28)34-24-9-5-20(10-17(24)12-30-34)32-38(36,37)21-6-2-18(26)3-7-21/h2-12,14-16,32,35H,13H2,1H3. The van der Waals surface area contributed by atoms with Gasteiger partial charge in [-0.2, -0.15) is 10.2 Å². The summed E-state index contributed by atoms with van der Waals surface area (Å²) in [6.45, 7) is 1.46. The molecule has 0 saturated heterocycles. The van der Waals surface area contributed by atoms with Gasteiger partial charge in [0.1, 0.15) is 29.9 Å². The van der Waals surface area contributed by atoms with Crippen molar-refractivity contribution in [3.8, 4) is 0 Å². The predicted molar refractivity (Wildman–Crippen MR) is 140 cm³/mol. The topological polar surface area (TPSA) is 115 Å². The Hall–Kier alpha value is -3.68. The van der Waals surface area contributed by atoms with Crippen molar-refractivity contribution >= 4 is 42.5 Å². The Morgan fingerprint density at radius 1 is 1.08 bits per heavy atom. The van der Waals surface area contributed by atoms with Gasteiger partial charge in [0.05, 0.1) is 29.2 Å². The average molecular weight is 603 g/mol. The van der Waals surface area contributed by atoms with Crippen molar-refractivity contribution < 1.29 is 22.3 Å². The lowest BCUT2D eigenvalue weighted by Gasteiger charge is -2.35. The van der Waals surface area contributed by atoms with Crippen molar-refractivity contribution in [1.29, 1.82) is 0 Å². The SMILES string of the molecule is CC(n1ncc2cc(NS(=O)(=O)c3ccc(Br)cc3)ccc21)C(O)(Cn1cncn1)c1ccc(F)cc1F. The summed E-state index contributed by atoms with van der Waals surface area (Å²) in [5, 5.41) is 20.9. The summed E-state index contributed by atoms with van der Waals surface area (Å²) in [6.07, 6.45) is 4.18. The van der Waals surface area contributed by atoms with Crippen LogP contribution in [0.25, 0.3) is 10.9 Å². The number of halogens is 3. The maximum absolute atomic E-state index is 14.9. The van der Waals surface area contributed by atoms with Crippen LogP contribution >= 0.6 is 15.9 Å². The van der Waals surface area contributed by atoms with E-state index in [0.29, 0.717) is 22.7 Å². The highest BCUT2D eigenvalue weighted by Crippen LogP contribution is 2.38. The first-order valence-electron chi connectivity index (χ1n) is 11.3. The van der Waals surface area contributed by atoms with Crippen LogP contribution in [-0.4, -0.2) is 38.1 Å². The molecule has 2 atom stereocenters. The van der Waals surface area contributed by atoms with Gasteiger partial charge in [-0.15, -0.1) is 0 Å². The second-order valence-corrected chi connectivity index (χ2v) is 11.3. The maximum atomic E-state index is 14.9. The first-order chi connectivity index (χ1) is 18.1. The van der Waals surface area contributed by atoms with E-state index in [1.165, 1.54) is 46.4 Å². The third-order valence-corrected chi connectivity index (χ3v) is 8.22. The van der Waals surface area contributed by atoms with Gasteiger partial charge in [0.25, 0.3) is 10.0 Å². The smallest absolute Gasteiger partial charge is 0.261 e. The lowest BCUT2D eigenvalue weighted by molar-refractivity contribution is -0.0354. The lowest BCUT2D eigenvalue weighted by atomic mass is 9.86. The zero-order chi connectivity index (χ0) is 27.1. The highest BCUT2D eigenvalue weighted by Gasteiger charge is 2.41. The van der Waals surface area contributed by atoms with Gasteiger partial charge in [-0.25, -0.2) is 26.9 Å². The molecule has 0 amide bonds. The molecule has 0 aliphatic carbocycles. The van der Waals surface area contributed by atoms with Crippen LogP contribution in [0.4, 0.5) is 14.5 Å². The fourth-order valence-corrected chi connectivity index (χ4v) is 5.61. The van der Waals surface area contributed by atoms with Gasteiger partial charge < -0.3 is 5.11 Å². The number of aliphatic hydroxyl groups is 1. The van der Waals surface area contributed by atoms with Crippen LogP contribution in [0, 0.1) is 11.6 Å². The molecule has 2 N–H and O–H groups in total. The number of hydrogen-bond donors (Lipinski definition) is 2. The van der Waals surface area contributed by atoms with Crippen LogP contribution in [0.3, 0.4) is 0 Å². The Bertz CT molecular complexity index is 1710. The van der Waals surface area contributed by atoms with E-state index < -0.39 is 33.3 Å². The van der Waals surface area contributed by atoms with E-state index in [9.17, 15) is 22.3 Å². The highest BCUT2D eigenvalue weighted by atomic mass is 79.9. The number of anilines is 1. The molecule has 0 fully saturated rings. The summed E-state index contributed by atoms with van der Waals surface area (Å²) in [6, 6.07) is 13.2. The minimum absolute atomic E-state index is 0.101. The third-order valence-electron chi connectivity index (χ3n) is 6.30. The van der Waals surface area contributed by atoms with E-state index in [4.69, 9.17) is 0 Å². The average Bonchev–Trinajstić information content (AvgIpc) is 3.53. The quantitative estimate of drug-likeness (QED) is 0.268. The van der Waals surface area contributed by atoms with Gasteiger partial charge in [-0.05, 0) is 55.5 Å². The van der Waals surface area contributed by atoms with E-state index >= 15 is 0 Å². The van der Waals surface area contributed by atoms with E-state index in [0.717, 1.165) is 10.5 Å². The molecule has 0 aliphatic rings. The Morgan fingerprint density at radius 3 is 2.53 bits per heavy atom. The Morgan fingerprint density at radius 2 is 1.84 bits per heavy atom.